The van der Waals surface area contributed by atoms with Crippen LogP contribution in [0.5, 0.6) is 0 Å². The van der Waals surface area contributed by atoms with Gasteiger partial charge in [0.25, 0.3) is 0 Å². The Kier molecular flexibility index (Phi) is 5.83. The van der Waals surface area contributed by atoms with Gasteiger partial charge in [0.05, 0.1) is 6.10 Å². The fourth-order valence-electron chi connectivity index (χ4n) is 2.64. The summed E-state index contributed by atoms with van der Waals surface area (Å²) in [5.74, 6) is 0. The van der Waals surface area contributed by atoms with E-state index in [9.17, 15) is 0 Å². The van der Waals surface area contributed by atoms with Gasteiger partial charge >= 0.3 is 0 Å². The molecule has 1 aliphatic rings. The van der Waals surface area contributed by atoms with Gasteiger partial charge in [0.2, 0.25) is 0 Å². The highest BCUT2D eigenvalue weighted by molar-refractivity contribution is 5.22. The summed E-state index contributed by atoms with van der Waals surface area (Å²) in [5, 5.41) is 3.17. The summed E-state index contributed by atoms with van der Waals surface area (Å²) in [4.78, 5) is 2.36. The van der Waals surface area contributed by atoms with Gasteiger partial charge in [-0.1, -0.05) is 24.3 Å². The van der Waals surface area contributed by atoms with Gasteiger partial charge in [-0.3, -0.25) is 4.90 Å². The monoisotopic (exact) mass is 262 g/mol. The first-order valence-electron chi connectivity index (χ1n) is 7.30. The maximum absolute atomic E-state index is 5.79. The zero-order valence-electron chi connectivity index (χ0n) is 12.2. The van der Waals surface area contributed by atoms with Gasteiger partial charge < -0.3 is 10.1 Å². The number of rotatable bonds is 6. The van der Waals surface area contributed by atoms with Crippen molar-refractivity contribution in [1.82, 2.24) is 10.2 Å². The molecule has 3 heteroatoms. The van der Waals surface area contributed by atoms with E-state index in [0.717, 1.165) is 26.2 Å². The van der Waals surface area contributed by atoms with E-state index in [2.05, 4.69) is 41.5 Å². The van der Waals surface area contributed by atoms with Crippen LogP contribution in [0.3, 0.4) is 0 Å². The highest BCUT2D eigenvalue weighted by atomic mass is 16.5. The third-order valence-electron chi connectivity index (χ3n) is 3.65. The Morgan fingerprint density at radius 3 is 2.58 bits per heavy atom. The molecular weight excluding hydrogens is 236 g/mol. The van der Waals surface area contributed by atoms with Gasteiger partial charge in [-0.25, -0.2) is 0 Å². The first-order chi connectivity index (χ1) is 9.28. The third kappa shape index (κ3) is 4.94. The lowest BCUT2D eigenvalue weighted by atomic mass is 10.1. The Hall–Kier alpha value is -0.900. The lowest BCUT2D eigenvalue weighted by molar-refractivity contribution is -0.00259. The first kappa shape index (κ1) is 14.5. The van der Waals surface area contributed by atoms with Crippen LogP contribution in [0.15, 0.2) is 24.3 Å². The molecule has 1 aromatic carbocycles. The van der Waals surface area contributed by atoms with Gasteiger partial charge in [0.15, 0.2) is 0 Å². The highest BCUT2D eigenvalue weighted by Crippen LogP contribution is 2.14. The van der Waals surface area contributed by atoms with Gasteiger partial charge in [0.1, 0.15) is 0 Å². The Morgan fingerprint density at radius 1 is 1.21 bits per heavy atom. The minimum absolute atomic E-state index is 0.433. The summed E-state index contributed by atoms with van der Waals surface area (Å²) in [6, 6.07) is 8.86. The lowest BCUT2D eigenvalue weighted by Crippen LogP contribution is -2.33. The first-order valence-corrected chi connectivity index (χ1v) is 7.30. The van der Waals surface area contributed by atoms with Crippen LogP contribution in [0.2, 0.25) is 0 Å². The van der Waals surface area contributed by atoms with Crippen LogP contribution in [0.1, 0.15) is 30.4 Å². The average Bonchev–Trinajstić information content (AvgIpc) is 2.42. The number of benzene rings is 1. The van der Waals surface area contributed by atoms with E-state index in [1.807, 2.05) is 7.05 Å². The fourth-order valence-corrected chi connectivity index (χ4v) is 2.64. The van der Waals surface area contributed by atoms with Crippen molar-refractivity contribution in [3.63, 3.8) is 0 Å². The number of nitrogens with zero attached hydrogens (tertiary/aromatic N) is 1. The topological polar surface area (TPSA) is 24.5 Å². The van der Waals surface area contributed by atoms with Crippen molar-refractivity contribution in [2.24, 2.45) is 0 Å². The van der Waals surface area contributed by atoms with Crippen molar-refractivity contribution >= 4 is 0 Å². The molecule has 1 atom stereocenters. The predicted molar refractivity (Wildman–Crippen MR) is 79.1 cm³/mol. The molecule has 1 heterocycles. The van der Waals surface area contributed by atoms with Gasteiger partial charge in [-0.15, -0.1) is 0 Å². The summed E-state index contributed by atoms with van der Waals surface area (Å²) in [5.41, 5.74) is 2.71. The van der Waals surface area contributed by atoms with Crippen molar-refractivity contribution in [1.29, 1.82) is 0 Å². The molecule has 0 saturated carbocycles. The molecule has 1 aromatic rings. The van der Waals surface area contributed by atoms with E-state index >= 15 is 0 Å². The largest absolute Gasteiger partial charge is 0.377 e. The normalized spacial score (nSPS) is 19.8. The maximum atomic E-state index is 5.79. The van der Waals surface area contributed by atoms with Crippen LogP contribution in [0.25, 0.3) is 0 Å². The Bertz CT molecular complexity index is 358. The maximum Gasteiger partial charge on any atom is 0.0702 e. The second kappa shape index (κ2) is 7.63. The summed E-state index contributed by atoms with van der Waals surface area (Å²) < 4.78 is 5.79. The minimum Gasteiger partial charge on any atom is -0.377 e. The van der Waals surface area contributed by atoms with Crippen molar-refractivity contribution in [3.05, 3.63) is 35.4 Å². The molecule has 0 amide bonds. The van der Waals surface area contributed by atoms with Crippen molar-refractivity contribution < 1.29 is 4.74 Å². The van der Waals surface area contributed by atoms with Crippen LogP contribution in [0.4, 0.5) is 0 Å². The lowest BCUT2D eigenvalue weighted by Gasteiger charge is -2.27. The second-order valence-electron chi connectivity index (χ2n) is 5.53. The quantitative estimate of drug-likeness (QED) is 0.852. The number of hydrogen-bond acceptors (Lipinski definition) is 3. The molecule has 1 saturated heterocycles. The van der Waals surface area contributed by atoms with Gasteiger partial charge in [0, 0.05) is 26.2 Å². The van der Waals surface area contributed by atoms with Crippen LogP contribution >= 0.6 is 0 Å². The predicted octanol–water partition coefficient (Wildman–Crippen LogP) is 2.41. The van der Waals surface area contributed by atoms with Crippen molar-refractivity contribution in [2.75, 3.05) is 27.2 Å². The molecule has 1 unspecified atom stereocenters. The number of nitrogens with one attached hydrogen (secondary N) is 1. The standard InChI is InChI=1S/C16H26N2O/c1-17-11-14-6-8-15(9-7-14)12-18(2)13-16-5-3-4-10-19-16/h6-9,16-17H,3-5,10-13H2,1-2H3. The van der Waals surface area contributed by atoms with E-state index in [4.69, 9.17) is 4.74 Å². The van der Waals surface area contributed by atoms with E-state index in [1.54, 1.807) is 0 Å². The molecule has 106 valence electrons. The Morgan fingerprint density at radius 2 is 1.95 bits per heavy atom. The molecule has 19 heavy (non-hydrogen) atoms. The number of hydrogen-bond donors (Lipinski definition) is 1. The van der Waals surface area contributed by atoms with Crippen LogP contribution in [-0.4, -0.2) is 38.3 Å². The zero-order valence-corrected chi connectivity index (χ0v) is 12.2. The number of likely N-dealkylation sites (N-methyl/N-ethyl adjacent to an activating group) is 1. The van der Waals surface area contributed by atoms with Gasteiger partial charge in [-0.2, -0.15) is 0 Å². The third-order valence-corrected chi connectivity index (χ3v) is 3.65. The summed E-state index contributed by atoms with van der Waals surface area (Å²) in [6.07, 6.45) is 4.19. The molecule has 2 rings (SSSR count). The molecular formula is C16H26N2O. The molecule has 1 aliphatic heterocycles. The summed E-state index contributed by atoms with van der Waals surface area (Å²) in [6.45, 7) is 3.92. The van der Waals surface area contributed by atoms with Gasteiger partial charge in [-0.05, 0) is 44.5 Å². The fraction of sp³-hybridized carbons (Fsp3) is 0.625. The average molecular weight is 262 g/mol. The van der Waals surface area contributed by atoms with Crippen molar-refractivity contribution in [3.8, 4) is 0 Å². The molecule has 1 fully saturated rings. The smallest absolute Gasteiger partial charge is 0.0702 e. The van der Waals surface area contributed by atoms with E-state index < -0.39 is 0 Å². The Balaban J connectivity index is 1.78. The molecule has 0 spiro atoms. The van der Waals surface area contributed by atoms with Crippen LogP contribution in [0, 0.1) is 0 Å². The summed E-state index contributed by atoms with van der Waals surface area (Å²) >= 11 is 0. The highest BCUT2D eigenvalue weighted by Gasteiger charge is 2.15. The van der Waals surface area contributed by atoms with Crippen molar-refractivity contribution in [2.45, 2.75) is 38.5 Å². The van der Waals surface area contributed by atoms with E-state index in [1.165, 1.54) is 30.4 Å². The van der Waals surface area contributed by atoms with E-state index in [0.29, 0.717) is 6.10 Å². The van der Waals surface area contributed by atoms with E-state index in [-0.39, 0.29) is 0 Å². The van der Waals surface area contributed by atoms with Crippen LogP contribution < -0.4 is 5.32 Å². The molecule has 3 nitrogen and oxygen atoms in total. The molecule has 0 bridgehead atoms. The molecule has 1 N–H and O–H groups in total. The van der Waals surface area contributed by atoms with Crippen LogP contribution in [-0.2, 0) is 17.8 Å². The molecule has 0 radical (unpaired) electrons. The molecule has 0 aromatic heterocycles. The minimum atomic E-state index is 0.433. The number of ether oxygens (including phenoxy) is 1. The summed E-state index contributed by atoms with van der Waals surface area (Å²) in [7, 11) is 4.16. The zero-order chi connectivity index (χ0) is 13.5. The SMILES string of the molecule is CNCc1ccc(CN(C)CC2CCCCO2)cc1. The molecule has 0 aliphatic carbocycles. The second-order valence-corrected chi connectivity index (χ2v) is 5.53. The Labute approximate surface area is 116 Å².